The van der Waals surface area contributed by atoms with Crippen molar-refractivity contribution in [2.45, 2.75) is 63.2 Å². The topological polar surface area (TPSA) is 99.8 Å². The molecule has 3 amide bonds. The molecule has 0 bridgehead atoms. The Labute approximate surface area is 200 Å². The van der Waals surface area contributed by atoms with Gasteiger partial charge in [0.2, 0.25) is 11.8 Å². The minimum Gasteiger partial charge on any atom is -0.353 e. The van der Waals surface area contributed by atoms with E-state index in [2.05, 4.69) is 16.0 Å². The Morgan fingerprint density at radius 3 is 2.15 bits per heavy atom. The Morgan fingerprint density at radius 1 is 1.00 bits per heavy atom. The van der Waals surface area contributed by atoms with Gasteiger partial charge in [0.25, 0.3) is 5.91 Å². The molecule has 5 atom stereocenters. The number of amides is 3. The van der Waals surface area contributed by atoms with Crippen LogP contribution < -0.4 is 16.0 Å². The molecule has 2 aliphatic heterocycles. The van der Waals surface area contributed by atoms with Gasteiger partial charge in [-0.25, -0.2) is 0 Å². The van der Waals surface area contributed by atoms with Crippen molar-refractivity contribution in [1.29, 1.82) is 0 Å². The van der Waals surface area contributed by atoms with Crippen molar-refractivity contribution in [3.8, 4) is 0 Å². The van der Waals surface area contributed by atoms with E-state index in [-0.39, 0.29) is 23.8 Å². The summed E-state index contributed by atoms with van der Waals surface area (Å²) >= 11 is 0. The fourth-order valence-electron chi connectivity index (χ4n) is 4.63. The summed E-state index contributed by atoms with van der Waals surface area (Å²) in [5.74, 6) is -0.808. The summed E-state index contributed by atoms with van der Waals surface area (Å²) in [6, 6.07) is 17.2. The number of rotatable bonds is 7. The van der Waals surface area contributed by atoms with Crippen LogP contribution in [0.3, 0.4) is 0 Å². The normalized spacial score (nSPS) is 25.1. The van der Waals surface area contributed by atoms with E-state index in [4.69, 9.17) is 4.74 Å². The molecule has 0 aromatic heterocycles. The largest absolute Gasteiger partial charge is 0.353 e. The van der Waals surface area contributed by atoms with E-state index in [1.54, 1.807) is 20.9 Å². The Hall–Kier alpha value is -3.23. The van der Waals surface area contributed by atoms with Gasteiger partial charge in [0.15, 0.2) is 0 Å². The smallest absolute Gasteiger partial charge is 0.250 e. The molecule has 2 saturated heterocycles. The highest BCUT2D eigenvalue weighted by Gasteiger charge is 2.50. The van der Waals surface area contributed by atoms with Crippen molar-refractivity contribution in [2.75, 3.05) is 7.05 Å². The standard InChI is InChI=1S/C26H32N4O4/c1-16(27-3)24(31)28-22-17(2)34-21-15-14-20(30(21)26(22)33)25(32)29-23(18-10-6-4-7-11-18)19-12-8-5-9-13-19/h4-13,16-17,20-23,27H,14-15H2,1-3H3,(H,28,31)(H,29,32)/t16?,17-,20?,21+,22+/m1/s1. The highest BCUT2D eigenvalue weighted by Crippen LogP contribution is 2.32. The number of nitrogens with zero attached hydrogens (tertiary/aromatic N) is 1. The van der Waals surface area contributed by atoms with Crippen molar-refractivity contribution < 1.29 is 19.1 Å². The van der Waals surface area contributed by atoms with Gasteiger partial charge in [-0.15, -0.1) is 0 Å². The molecule has 2 aromatic carbocycles. The Kier molecular flexibility index (Phi) is 7.29. The molecule has 4 rings (SSSR count). The minimum atomic E-state index is -0.841. The lowest BCUT2D eigenvalue weighted by Gasteiger charge is -2.41. The number of carbonyl (C=O) groups is 3. The van der Waals surface area contributed by atoms with Gasteiger partial charge in [-0.1, -0.05) is 60.7 Å². The number of likely N-dealkylation sites (N-methyl/N-ethyl adjacent to an activating group) is 1. The van der Waals surface area contributed by atoms with Crippen LogP contribution in [-0.4, -0.2) is 60.1 Å². The molecular weight excluding hydrogens is 432 g/mol. The highest BCUT2D eigenvalue weighted by molar-refractivity contribution is 5.94. The zero-order chi connectivity index (χ0) is 24.2. The van der Waals surface area contributed by atoms with E-state index >= 15 is 0 Å². The average Bonchev–Trinajstić information content (AvgIpc) is 3.29. The zero-order valence-corrected chi connectivity index (χ0v) is 19.7. The van der Waals surface area contributed by atoms with Crippen molar-refractivity contribution >= 4 is 17.7 Å². The number of hydrogen-bond acceptors (Lipinski definition) is 5. The minimum absolute atomic E-state index is 0.236. The van der Waals surface area contributed by atoms with Gasteiger partial charge < -0.3 is 25.6 Å². The highest BCUT2D eigenvalue weighted by atomic mass is 16.5. The summed E-state index contributed by atoms with van der Waals surface area (Å²) in [5, 5.41) is 8.81. The van der Waals surface area contributed by atoms with Crippen LogP contribution in [0.15, 0.2) is 60.7 Å². The van der Waals surface area contributed by atoms with Crippen LogP contribution in [0.5, 0.6) is 0 Å². The molecule has 2 aliphatic rings. The second kappa shape index (κ2) is 10.4. The first-order valence-corrected chi connectivity index (χ1v) is 11.8. The lowest BCUT2D eigenvalue weighted by atomic mass is 9.98. The van der Waals surface area contributed by atoms with Crippen LogP contribution in [0.2, 0.25) is 0 Å². The molecule has 2 aromatic rings. The molecule has 0 radical (unpaired) electrons. The SMILES string of the molecule is CNC(C)C(=O)N[C@@H]1C(=O)N2C(C(=O)NC(c3ccccc3)c3ccccc3)CC[C@@H]2O[C@@H]1C. The molecule has 34 heavy (non-hydrogen) atoms. The summed E-state index contributed by atoms with van der Waals surface area (Å²) in [5.41, 5.74) is 1.91. The predicted molar refractivity (Wildman–Crippen MR) is 128 cm³/mol. The molecular formula is C26H32N4O4. The zero-order valence-electron chi connectivity index (χ0n) is 19.7. The third-order valence-electron chi connectivity index (χ3n) is 6.67. The molecule has 2 fully saturated rings. The summed E-state index contributed by atoms with van der Waals surface area (Å²) in [4.78, 5) is 40.9. The van der Waals surface area contributed by atoms with Crippen molar-refractivity contribution in [3.63, 3.8) is 0 Å². The maximum atomic E-state index is 13.5. The summed E-state index contributed by atoms with van der Waals surface area (Å²) in [7, 11) is 1.68. The van der Waals surface area contributed by atoms with Gasteiger partial charge in [-0.2, -0.15) is 0 Å². The van der Waals surface area contributed by atoms with E-state index in [0.29, 0.717) is 12.8 Å². The van der Waals surface area contributed by atoms with Gasteiger partial charge >= 0.3 is 0 Å². The Bertz CT molecular complexity index is 976. The number of fused-ring (bicyclic) bond motifs is 1. The van der Waals surface area contributed by atoms with Gasteiger partial charge in [0.1, 0.15) is 18.3 Å². The lowest BCUT2D eigenvalue weighted by molar-refractivity contribution is -0.179. The molecule has 180 valence electrons. The summed E-state index contributed by atoms with van der Waals surface area (Å²) in [6.07, 6.45) is 0.118. The molecule has 2 heterocycles. The number of nitrogens with one attached hydrogen (secondary N) is 3. The van der Waals surface area contributed by atoms with Gasteiger partial charge in [-0.3, -0.25) is 14.4 Å². The van der Waals surface area contributed by atoms with Gasteiger partial charge in [0.05, 0.1) is 18.2 Å². The molecule has 0 aliphatic carbocycles. The first kappa shape index (κ1) is 23.9. The van der Waals surface area contributed by atoms with E-state index in [1.807, 2.05) is 60.7 Å². The first-order valence-electron chi connectivity index (χ1n) is 11.8. The van der Waals surface area contributed by atoms with E-state index < -0.39 is 30.5 Å². The van der Waals surface area contributed by atoms with Gasteiger partial charge in [-0.05, 0) is 44.9 Å². The van der Waals surface area contributed by atoms with E-state index in [9.17, 15) is 14.4 Å². The average molecular weight is 465 g/mol. The number of hydrogen-bond donors (Lipinski definition) is 3. The molecule has 3 N–H and O–H groups in total. The molecule has 8 nitrogen and oxygen atoms in total. The van der Waals surface area contributed by atoms with Crippen LogP contribution in [0, 0.1) is 0 Å². The van der Waals surface area contributed by atoms with Crippen molar-refractivity contribution in [3.05, 3.63) is 71.8 Å². The molecule has 0 saturated carbocycles. The Balaban J connectivity index is 1.54. The third kappa shape index (κ3) is 4.83. The summed E-state index contributed by atoms with van der Waals surface area (Å²) < 4.78 is 6.05. The van der Waals surface area contributed by atoms with Crippen LogP contribution in [0.1, 0.15) is 43.9 Å². The monoisotopic (exact) mass is 464 g/mol. The second-order valence-electron chi connectivity index (χ2n) is 8.89. The second-order valence-corrected chi connectivity index (χ2v) is 8.89. The van der Waals surface area contributed by atoms with Crippen LogP contribution in [0.25, 0.3) is 0 Å². The van der Waals surface area contributed by atoms with E-state index in [1.165, 1.54) is 4.90 Å². The van der Waals surface area contributed by atoms with Crippen LogP contribution in [-0.2, 0) is 19.1 Å². The lowest BCUT2D eigenvalue weighted by Crippen LogP contribution is -2.65. The maximum absolute atomic E-state index is 13.5. The molecule has 0 spiro atoms. The fourth-order valence-corrected chi connectivity index (χ4v) is 4.63. The quantitative estimate of drug-likeness (QED) is 0.580. The predicted octanol–water partition coefficient (Wildman–Crippen LogP) is 1.72. The maximum Gasteiger partial charge on any atom is 0.250 e. The first-order chi connectivity index (χ1) is 16.4. The number of ether oxygens (including phenoxy) is 1. The summed E-state index contributed by atoms with van der Waals surface area (Å²) in [6.45, 7) is 3.49. The van der Waals surface area contributed by atoms with Crippen LogP contribution in [0.4, 0.5) is 0 Å². The fraction of sp³-hybridized carbons (Fsp3) is 0.423. The van der Waals surface area contributed by atoms with Crippen molar-refractivity contribution in [1.82, 2.24) is 20.9 Å². The number of benzene rings is 2. The van der Waals surface area contributed by atoms with Gasteiger partial charge in [0, 0.05) is 0 Å². The Morgan fingerprint density at radius 2 is 1.59 bits per heavy atom. The molecule has 8 heteroatoms. The molecule has 2 unspecified atom stereocenters. The third-order valence-corrected chi connectivity index (χ3v) is 6.67. The van der Waals surface area contributed by atoms with Crippen molar-refractivity contribution in [2.24, 2.45) is 0 Å². The van der Waals surface area contributed by atoms with Crippen LogP contribution >= 0.6 is 0 Å². The number of carbonyl (C=O) groups excluding carboxylic acids is 3. The van der Waals surface area contributed by atoms with E-state index in [0.717, 1.165) is 11.1 Å².